The molecule has 2 aliphatic rings. The highest BCUT2D eigenvalue weighted by molar-refractivity contribution is 5.88. The summed E-state index contributed by atoms with van der Waals surface area (Å²) in [6, 6.07) is 4.38. The fourth-order valence-electron chi connectivity index (χ4n) is 4.47. The first-order valence-corrected chi connectivity index (χ1v) is 9.86. The molecule has 4 atom stereocenters. The summed E-state index contributed by atoms with van der Waals surface area (Å²) in [5.74, 6) is 1.54. The molecule has 1 saturated heterocycles. The number of nitrogens with zero attached hydrogens (tertiary/aromatic N) is 3. The molecule has 4 unspecified atom stereocenters. The van der Waals surface area contributed by atoms with Gasteiger partial charge in [-0.3, -0.25) is 5.32 Å². The molecule has 1 aliphatic heterocycles. The quantitative estimate of drug-likeness (QED) is 0.606. The van der Waals surface area contributed by atoms with Gasteiger partial charge in [0.1, 0.15) is 24.2 Å². The molecule has 0 amide bonds. The standard InChI is InChI=1S/C21H26N6O/c1-10(2)16-8-14(18-20(22)24-9-25-27(16)18)15-7-12-5-6-13(11(3)17(12)26-15)19-21(23-4)28-19/h5-11,13,19,21,23,26H,1-4H3,(H2,22,24,25). The van der Waals surface area contributed by atoms with Crippen LogP contribution < -0.4 is 11.1 Å². The van der Waals surface area contributed by atoms with Gasteiger partial charge >= 0.3 is 0 Å². The molecule has 146 valence electrons. The molecule has 0 spiro atoms. The van der Waals surface area contributed by atoms with Crippen molar-refractivity contribution in [3.05, 3.63) is 41.5 Å². The zero-order valence-corrected chi connectivity index (χ0v) is 16.6. The normalized spacial score (nSPS) is 26.2. The third-order valence-electron chi connectivity index (χ3n) is 6.09. The van der Waals surface area contributed by atoms with Crippen molar-refractivity contribution in [3.63, 3.8) is 0 Å². The van der Waals surface area contributed by atoms with Crippen molar-refractivity contribution in [2.75, 3.05) is 12.8 Å². The molecule has 0 radical (unpaired) electrons. The maximum atomic E-state index is 6.23. The van der Waals surface area contributed by atoms with Gasteiger partial charge in [-0.2, -0.15) is 5.10 Å². The predicted molar refractivity (Wildman–Crippen MR) is 110 cm³/mol. The van der Waals surface area contributed by atoms with Gasteiger partial charge in [0.25, 0.3) is 0 Å². The summed E-state index contributed by atoms with van der Waals surface area (Å²) in [6.45, 7) is 6.58. The Morgan fingerprint density at radius 1 is 1.32 bits per heavy atom. The van der Waals surface area contributed by atoms with Crippen LogP contribution >= 0.6 is 0 Å². The van der Waals surface area contributed by atoms with Crippen molar-refractivity contribution in [1.29, 1.82) is 0 Å². The number of hydrogen-bond acceptors (Lipinski definition) is 5. The van der Waals surface area contributed by atoms with Gasteiger partial charge in [0.2, 0.25) is 0 Å². The molecule has 4 heterocycles. The Kier molecular flexibility index (Phi) is 3.86. The molecule has 0 aromatic carbocycles. The van der Waals surface area contributed by atoms with Crippen molar-refractivity contribution < 1.29 is 4.74 Å². The van der Waals surface area contributed by atoms with Crippen LogP contribution in [-0.4, -0.2) is 39.0 Å². The molecule has 3 aromatic heterocycles. The van der Waals surface area contributed by atoms with Gasteiger partial charge in [0.15, 0.2) is 5.82 Å². The van der Waals surface area contributed by atoms with Crippen molar-refractivity contribution in [3.8, 4) is 11.3 Å². The number of epoxide rings is 1. The summed E-state index contributed by atoms with van der Waals surface area (Å²) in [7, 11) is 1.94. The van der Waals surface area contributed by atoms with E-state index in [0.717, 1.165) is 22.5 Å². The van der Waals surface area contributed by atoms with E-state index in [1.54, 1.807) is 0 Å². The summed E-state index contributed by atoms with van der Waals surface area (Å²) in [6.07, 6.45) is 6.40. The smallest absolute Gasteiger partial charge is 0.152 e. The first kappa shape index (κ1) is 17.5. The lowest BCUT2D eigenvalue weighted by Crippen LogP contribution is -2.23. The lowest BCUT2D eigenvalue weighted by Gasteiger charge is -2.23. The Bertz CT molecular complexity index is 1080. The van der Waals surface area contributed by atoms with Crippen LogP contribution in [0.25, 0.3) is 22.9 Å². The predicted octanol–water partition coefficient (Wildman–Crippen LogP) is 3.12. The highest BCUT2D eigenvalue weighted by atomic mass is 16.6. The Morgan fingerprint density at radius 3 is 2.86 bits per heavy atom. The van der Waals surface area contributed by atoms with Crippen LogP contribution in [0.4, 0.5) is 5.82 Å². The van der Waals surface area contributed by atoms with Crippen LogP contribution in [0.5, 0.6) is 0 Å². The average Bonchev–Trinajstić information content (AvgIpc) is 3.13. The van der Waals surface area contributed by atoms with Crippen LogP contribution in [0.15, 0.2) is 24.5 Å². The van der Waals surface area contributed by atoms with Gasteiger partial charge in [0.05, 0.1) is 0 Å². The number of likely N-dealkylation sites (N-methyl/N-ethyl adjacent to an activating group) is 1. The van der Waals surface area contributed by atoms with Gasteiger partial charge in [0, 0.05) is 34.5 Å². The number of nitrogens with two attached hydrogens (primary N) is 1. The molecule has 1 fully saturated rings. The highest BCUT2D eigenvalue weighted by Gasteiger charge is 2.46. The number of aromatic nitrogens is 4. The molecule has 0 saturated carbocycles. The lowest BCUT2D eigenvalue weighted by molar-refractivity contribution is 0.313. The van der Waals surface area contributed by atoms with E-state index in [9.17, 15) is 0 Å². The lowest BCUT2D eigenvalue weighted by atomic mass is 9.82. The van der Waals surface area contributed by atoms with Gasteiger partial charge < -0.3 is 15.5 Å². The van der Waals surface area contributed by atoms with E-state index in [2.05, 4.69) is 65.4 Å². The Labute approximate surface area is 164 Å². The largest absolute Gasteiger partial charge is 0.382 e. The van der Waals surface area contributed by atoms with Crippen LogP contribution in [0.3, 0.4) is 0 Å². The zero-order valence-electron chi connectivity index (χ0n) is 16.6. The molecule has 7 heteroatoms. The van der Waals surface area contributed by atoms with Crippen molar-refractivity contribution >= 4 is 17.4 Å². The Morgan fingerprint density at radius 2 is 2.14 bits per heavy atom. The van der Waals surface area contributed by atoms with Crippen LogP contribution in [0.1, 0.15) is 49.6 Å². The summed E-state index contributed by atoms with van der Waals surface area (Å²) < 4.78 is 7.69. The number of fused-ring (bicyclic) bond motifs is 2. The second-order valence-corrected chi connectivity index (χ2v) is 8.13. The first-order chi connectivity index (χ1) is 13.5. The summed E-state index contributed by atoms with van der Waals surface area (Å²) in [4.78, 5) is 7.88. The molecule has 4 N–H and O–H groups in total. The fraction of sp³-hybridized carbons (Fsp3) is 0.429. The fourth-order valence-corrected chi connectivity index (χ4v) is 4.47. The number of hydrogen-bond donors (Lipinski definition) is 3. The minimum Gasteiger partial charge on any atom is -0.382 e. The maximum Gasteiger partial charge on any atom is 0.152 e. The molecular formula is C21H26N6O. The number of ether oxygens (including phenoxy) is 1. The molecular weight excluding hydrogens is 352 g/mol. The Balaban J connectivity index is 1.59. The summed E-state index contributed by atoms with van der Waals surface area (Å²) in [5, 5.41) is 7.65. The Hall–Kier alpha value is -2.64. The monoisotopic (exact) mass is 378 g/mol. The number of nitrogen functional groups attached to an aromatic ring is 1. The van der Waals surface area contributed by atoms with Gasteiger partial charge in [-0.25, -0.2) is 9.50 Å². The van der Waals surface area contributed by atoms with E-state index in [1.807, 2.05) is 11.6 Å². The molecule has 1 aliphatic carbocycles. The van der Waals surface area contributed by atoms with Gasteiger partial charge in [-0.1, -0.05) is 32.9 Å². The van der Waals surface area contributed by atoms with Gasteiger partial charge in [-0.05, 0) is 30.7 Å². The molecule has 0 bridgehead atoms. The molecule has 7 nitrogen and oxygen atoms in total. The zero-order chi connectivity index (χ0) is 19.6. The van der Waals surface area contributed by atoms with E-state index in [1.165, 1.54) is 17.6 Å². The summed E-state index contributed by atoms with van der Waals surface area (Å²) >= 11 is 0. The number of H-pyrrole nitrogens is 1. The van der Waals surface area contributed by atoms with E-state index in [4.69, 9.17) is 10.5 Å². The molecule has 28 heavy (non-hydrogen) atoms. The second-order valence-electron chi connectivity index (χ2n) is 8.13. The number of aromatic amines is 1. The topological polar surface area (TPSA) is 96.6 Å². The van der Waals surface area contributed by atoms with Crippen molar-refractivity contribution in [2.24, 2.45) is 5.92 Å². The van der Waals surface area contributed by atoms with Crippen molar-refractivity contribution in [1.82, 2.24) is 24.9 Å². The SMILES string of the molecule is CNC1OC1C1C=Cc2cc(-c3cc(C(C)C)n4ncnc(N)c34)[nH]c2C1C. The minimum absolute atomic E-state index is 0.161. The number of anilines is 1. The maximum absolute atomic E-state index is 6.23. The second kappa shape index (κ2) is 6.18. The highest BCUT2D eigenvalue weighted by Crippen LogP contribution is 2.44. The third kappa shape index (κ3) is 2.50. The van der Waals surface area contributed by atoms with E-state index in [0.29, 0.717) is 23.6 Å². The van der Waals surface area contributed by atoms with Crippen LogP contribution in [0, 0.1) is 5.92 Å². The van der Waals surface area contributed by atoms with E-state index >= 15 is 0 Å². The molecule has 5 rings (SSSR count). The molecule has 3 aromatic rings. The summed E-state index contributed by atoms with van der Waals surface area (Å²) in [5.41, 5.74) is 12.8. The van der Waals surface area contributed by atoms with Crippen LogP contribution in [-0.2, 0) is 4.74 Å². The number of rotatable bonds is 4. The average molecular weight is 378 g/mol. The first-order valence-electron chi connectivity index (χ1n) is 9.86. The van der Waals surface area contributed by atoms with Gasteiger partial charge in [-0.15, -0.1) is 0 Å². The van der Waals surface area contributed by atoms with E-state index in [-0.39, 0.29) is 12.3 Å². The van der Waals surface area contributed by atoms with Crippen molar-refractivity contribution in [2.45, 2.75) is 44.9 Å². The minimum atomic E-state index is 0.161. The third-order valence-corrected chi connectivity index (χ3v) is 6.09. The number of nitrogens with one attached hydrogen (secondary N) is 2. The van der Waals surface area contributed by atoms with E-state index < -0.39 is 0 Å². The van der Waals surface area contributed by atoms with Crippen LogP contribution in [0.2, 0.25) is 0 Å².